The van der Waals surface area contributed by atoms with E-state index in [4.69, 9.17) is 18.9 Å². The maximum atomic E-state index is 10.5. The molecule has 7 N–H and O–H groups in total. The number of hydrogen-bond donors (Lipinski definition) is 7. The molecule has 44 heavy (non-hydrogen) atoms. The van der Waals surface area contributed by atoms with Gasteiger partial charge in [-0.05, 0) is 30.1 Å². The fourth-order valence-corrected chi connectivity index (χ4v) is 6.22. The SMILES string of the molecule is CCC(CCCC(C)CCCC(C)CCCC(C)C)CCOC1OC(COC2OC(CO)C(O)C(O)C2O)C(O)C(O)C1O. The van der Waals surface area contributed by atoms with Crippen LogP contribution in [0.3, 0.4) is 0 Å². The zero-order valence-electron chi connectivity index (χ0n) is 27.7. The summed E-state index contributed by atoms with van der Waals surface area (Å²) in [7, 11) is 0. The van der Waals surface area contributed by atoms with Crippen molar-refractivity contribution in [3.63, 3.8) is 0 Å². The molecule has 262 valence electrons. The molecule has 13 atom stereocenters. The lowest BCUT2D eigenvalue weighted by molar-refractivity contribution is -0.331. The summed E-state index contributed by atoms with van der Waals surface area (Å²) >= 11 is 0. The Balaban J connectivity index is 1.70. The Morgan fingerprint density at radius 2 is 1.05 bits per heavy atom. The van der Waals surface area contributed by atoms with Crippen molar-refractivity contribution in [3.05, 3.63) is 0 Å². The highest BCUT2D eigenvalue weighted by Crippen LogP contribution is 2.27. The van der Waals surface area contributed by atoms with Crippen LogP contribution in [0.2, 0.25) is 0 Å². The Morgan fingerprint density at radius 3 is 1.57 bits per heavy atom. The van der Waals surface area contributed by atoms with E-state index in [9.17, 15) is 35.7 Å². The van der Waals surface area contributed by atoms with Crippen molar-refractivity contribution in [3.8, 4) is 0 Å². The second kappa shape index (κ2) is 20.7. The van der Waals surface area contributed by atoms with Crippen molar-refractivity contribution in [2.45, 2.75) is 167 Å². The number of hydrogen-bond acceptors (Lipinski definition) is 11. The van der Waals surface area contributed by atoms with Gasteiger partial charge in [-0.15, -0.1) is 0 Å². The molecule has 0 bridgehead atoms. The summed E-state index contributed by atoms with van der Waals surface area (Å²) in [5.74, 6) is 2.78. The van der Waals surface area contributed by atoms with Crippen LogP contribution in [0.4, 0.5) is 0 Å². The molecule has 0 radical (unpaired) electrons. The molecule has 13 unspecified atom stereocenters. The minimum absolute atomic E-state index is 0.313. The van der Waals surface area contributed by atoms with Gasteiger partial charge in [0, 0.05) is 0 Å². The molecule has 2 rings (SSSR count). The first-order valence-corrected chi connectivity index (χ1v) is 17.1. The molecule has 2 fully saturated rings. The molecule has 2 aliphatic rings. The van der Waals surface area contributed by atoms with Gasteiger partial charge in [-0.2, -0.15) is 0 Å². The van der Waals surface area contributed by atoms with Gasteiger partial charge >= 0.3 is 0 Å². The molecule has 2 saturated heterocycles. The highest BCUT2D eigenvalue weighted by molar-refractivity contribution is 4.91. The van der Waals surface area contributed by atoms with Gasteiger partial charge in [0.25, 0.3) is 0 Å². The fourth-order valence-electron chi connectivity index (χ4n) is 6.22. The van der Waals surface area contributed by atoms with Gasteiger partial charge in [-0.3, -0.25) is 0 Å². The van der Waals surface area contributed by atoms with Crippen molar-refractivity contribution in [1.82, 2.24) is 0 Å². The topological polar surface area (TPSA) is 179 Å². The molecule has 0 spiro atoms. The molecule has 0 saturated carbocycles. The van der Waals surface area contributed by atoms with E-state index in [1.54, 1.807) is 0 Å². The Hall–Kier alpha value is -0.440. The number of aliphatic hydroxyl groups is 7. The number of rotatable bonds is 21. The van der Waals surface area contributed by atoms with Gasteiger partial charge in [0.05, 0.1) is 19.8 Å². The summed E-state index contributed by atoms with van der Waals surface area (Å²) in [6.07, 6.45) is -1.00. The first-order chi connectivity index (χ1) is 20.9. The Morgan fingerprint density at radius 1 is 0.568 bits per heavy atom. The Bertz CT molecular complexity index is 741. The average Bonchev–Trinajstić information content (AvgIpc) is 2.99. The van der Waals surface area contributed by atoms with Crippen LogP contribution in [-0.4, -0.2) is 117 Å². The summed E-state index contributed by atoms with van der Waals surface area (Å²) in [5, 5.41) is 70.7. The Labute approximate surface area is 264 Å². The largest absolute Gasteiger partial charge is 0.394 e. The molecule has 11 heteroatoms. The zero-order chi connectivity index (χ0) is 32.8. The smallest absolute Gasteiger partial charge is 0.186 e. The molecular formula is C33H64O11. The van der Waals surface area contributed by atoms with Crippen molar-refractivity contribution in [1.29, 1.82) is 0 Å². The third-order valence-electron chi connectivity index (χ3n) is 9.51. The predicted octanol–water partition coefficient (Wildman–Crippen LogP) is 2.48. The summed E-state index contributed by atoms with van der Waals surface area (Å²) in [4.78, 5) is 0. The quantitative estimate of drug-likeness (QED) is 0.0985. The van der Waals surface area contributed by atoms with E-state index in [0.717, 1.165) is 37.5 Å². The van der Waals surface area contributed by atoms with Crippen LogP contribution < -0.4 is 0 Å². The van der Waals surface area contributed by atoms with Crippen LogP contribution in [0.5, 0.6) is 0 Å². The maximum Gasteiger partial charge on any atom is 0.186 e. The van der Waals surface area contributed by atoms with Crippen molar-refractivity contribution in [2.24, 2.45) is 23.7 Å². The summed E-state index contributed by atoms with van der Waals surface area (Å²) < 4.78 is 22.3. The molecule has 0 aromatic carbocycles. The minimum atomic E-state index is -1.61. The molecule has 0 aliphatic carbocycles. The van der Waals surface area contributed by atoms with E-state index < -0.39 is 68.0 Å². The molecule has 0 aromatic rings. The third kappa shape index (κ3) is 13.0. The highest BCUT2D eigenvalue weighted by Gasteiger charge is 2.47. The molecular weight excluding hydrogens is 572 g/mol. The van der Waals surface area contributed by atoms with Crippen LogP contribution in [-0.2, 0) is 18.9 Å². The second-order valence-electron chi connectivity index (χ2n) is 13.9. The standard InChI is InChI=1S/C33H64O11/c1-6-23(15-9-14-22(5)13-8-12-21(4)11-7-10-20(2)3)16-17-41-32-30(39)29(38)27(36)25(44-32)19-42-33-31(40)28(37)26(35)24(18-34)43-33/h20-40H,6-19H2,1-5H3. The van der Waals surface area contributed by atoms with Gasteiger partial charge in [0.1, 0.15) is 48.8 Å². The van der Waals surface area contributed by atoms with Crippen molar-refractivity contribution < 1.29 is 54.7 Å². The number of aliphatic hydroxyl groups excluding tert-OH is 7. The first kappa shape index (κ1) is 39.7. The molecule has 0 aromatic heterocycles. The van der Waals surface area contributed by atoms with E-state index in [1.165, 1.54) is 44.9 Å². The van der Waals surface area contributed by atoms with E-state index in [1.807, 2.05) is 0 Å². The van der Waals surface area contributed by atoms with Gasteiger partial charge in [-0.1, -0.05) is 98.8 Å². The Kier molecular flexibility index (Phi) is 18.7. The monoisotopic (exact) mass is 636 g/mol. The first-order valence-electron chi connectivity index (χ1n) is 17.1. The summed E-state index contributed by atoms with van der Waals surface area (Å²) in [6.45, 7) is 10.8. The average molecular weight is 637 g/mol. The maximum absolute atomic E-state index is 10.5. The van der Waals surface area contributed by atoms with E-state index >= 15 is 0 Å². The van der Waals surface area contributed by atoms with Crippen LogP contribution >= 0.6 is 0 Å². The van der Waals surface area contributed by atoms with Crippen LogP contribution in [0.1, 0.15) is 105 Å². The van der Waals surface area contributed by atoms with E-state index in [0.29, 0.717) is 18.4 Å². The fraction of sp³-hybridized carbons (Fsp3) is 1.00. The van der Waals surface area contributed by atoms with Gasteiger partial charge in [-0.25, -0.2) is 0 Å². The van der Waals surface area contributed by atoms with Crippen LogP contribution in [0, 0.1) is 23.7 Å². The highest BCUT2D eigenvalue weighted by atomic mass is 16.7. The molecule has 0 amide bonds. The number of ether oxygens (including phenoxy) is 4. The lowest BCUT2D eigenvalue weighted by atomic mass is 9.90. The van der Waals surface area contributed by atoms with E-state index in [-0.39, 0.29) is 6.61 Å². The zero-order valence-corrected chi connectivity index (χ0v) is 27.7. The van der Waals surface area contributed by atoms with E-state index in [2.05, 4.69) is 34.6 Å². The normalized spacial score (nSPS) is 35.1. The summed E-state index contributed by atoms with van der Waals surface area (Å²) in [6, 6.07) is 0. The van der Waals surface area contributed by atoms with Gasteiger partial charge in [0.15, 0.2) is 12.6 Å². The van der Waals surface area contributed by atoms with Crippen molar-refractivity contribution >= 4 is 0 Å². The minimum Gasteiger partial charge on any atom is -0.394 e. The predicted molar refractivity (Wildman–Crippen MR) is 165 cm³/mol. The second-order valence-corrected chi connectivity index (χ2v) is 13.9. The lowest BCUT2D eigenvalue weighted by Crippen LogP contribution is -2.61. The van der Waals surface area contributed by atoms with Gasteiger partial charge < -0.3 is 54.7 Å². The van der Waals surface area contributed by atoms with Crippen LogP contribution in [0.25, 0.3) is 0 Å². The van der Waals surface area contributed by atoms with Crippen molar-refractivity contribution in [2.75, 3.05) is 19.8 Å². The van der Waals surface area contributed by atoms with Gasteiger partial charge in [0.2, 0.25) is 0 Å². The van der Waals surface area contributed by atoms with Crippen LogP contribution in [0.15, 0.2) is 0 Å². The summed E-state index contributed by atoms with van der Waals surface area (Å²) in [5.41, 5.74) is 0. The molecule has 2 aliphatic heterocycles. The molecule has 2 heterocycles. The molecule has 11 nitrogen and oxygen atoms in total. The third-order valence-corrected chi connectivity index (χ3v) is 9.51. The lowest BCUT2D eigenvalue weighted by Gasteiger charge is -2.42.